The summed E-state index contributed by atoms with van der Waals surface area (Å²) in [6.45, 7) is 0. The predicted molar refractivity (Wildman–Crippen MR) is 81.8 cm³/mol. The van der Waals surface area contributed by atoms with Gasteiger partial charge in [-0.25, -0.2) is 4.79 Å². The van der Waals surface area contributed by atoms with Crippen LogP contribution in [0.3, 0.4) is 0 Å². The van der Waals surface area contributed by atoms with E-state index in [-0.39, 0.29) is 5.75 Å². The van der Waals surface area contributed by atoms with Gasteiger partial charge in [0, 0.05) is 0 Å². The zero-order valence-electron chi connectivity index (χ0n) is 11.3. The third-order valence-corrected chi connectivity index (χ3v) is 3.56. The number of aromatic hydroxyl groups is 1. The topological polar surface area (TPSA) is 57.5 Å². The lowest BCUT2D eigenvalue weighted by molar-refractivity contribution is 0.0698. The lowest BCUT2D eigenvalue weighted by atomic mass is 9.94. The molecule has 0 aliphatic carbocycles. The third-order valence-electron chi connectivity index (χ3n) is 3.56. The molecule has 104 valence electrons. The Labute approximate surface area is 122 Å². The van der Waals surface area contributed by atoms with Crippen LogP contribution in [0.2, 0.25) is 0 Å². The van der Waals surface area contributed by atoms with E-state index in [9.17, 15) is 15.0 Å². The highest BCUT2D eigenvalue weighted by Crippen LogP contribution is 2.25. The Morgan fingerprint density at radius 2 is 1.62 bits per heavy atom. The zero-order valence-corrected chi connectivity index (χ0v) is 11.3. The van der Waals surface area contributed by atoms with Crippen molar-refractivity contribution in [3.05, 3.63) is 77.4 Å². The maximum absolute atomic E-state index is 11.6. The van der Waals surface area contributed by atoms with Crippen LogP contribution in [-0.2, 0) is 6.42 Å². The smallest absolute Gasteiger partial charge is 0.336 e. The van der Waals surface area contributed by atoms with E-state index in [2.05, 4.69) is 0 Å². The number of carbonyl (C=O) groups is 1. The van der Waals surface area contributed by atoms with Gasteiger partial charge in [0.15, 0.2) is 0 Å². The lowest BCUT2D eigenvalue weighted by Crippen LogP contribution is -2.04. The van der Waals surface area contributed by atoms with Crippen LogP contribution in [-0.4, -0.2) is 16.2 Å². The molecule has 3 aromatic carbocycles. The maximum atomic E-state index is 11.6. The van der Waals surface area contributed by atoms with Crippen molar-refractivity contribution >= 4 is 16.7 Å². The van der Waals surface area contributed by atoms with Crippen molar-refractivity contribution in [2.75, 3.05) is 0 Å². The molecule has 0 unspecified atom stereocenters. The van der Waals surface area contributed by atoms with E-state index in [0.29, 0.717) is 12.0 Å². The van der Waals surface area contributed by atoms with E-state index in [4.69, 9.17) is 0 Å². The van der Waals surface area contributed by atoms with Gasteiger partial charge < -0.3 is 10.2 Å². The molecular weight excluding hydrogens is 264 g/mol. The number of aromatic carboxylic acids is 1. The Morgan fingerprint density at radius 1 is 0.905 bits per heavy atom. The Balaban J connectivity index is 2.11. The van der Waals surface area contributed by atoms with Crippen molar-refractivity contribution in [3.8, 4) is 5.75 Å². The largest absolute Gasteiger partial charge is 0.508 e. The number of carboxylic acids is 1. The molecule has 3 nitrogen and oxygen atoms in total. The van der Waals surface area contributed by atoms with Crippen molar-refractivity contribution in [3.63, 3.8) is 0 Å². The normalized spacial score (nSPS) is 10.7. The second kappa shape index (κ2) is 5.29. The quantitative estimate of drug-likeness (QED) is 0.765. The van der Waals surface area contributed by atoms with Crippen LogP contribution in [0, 0.1) is 0 Å². The van der Waals surface area contributed by atoms with Gasteiger partial charge in [-0.15, -0.1) is 0 Å². The molecule has 0 aromatic heterocycles. The number of hydrogen-bond acceptors (Lipinski definition) is 2. The minimum Gasteiger partial charge on any atom is -0.508 e. The fourth-order valence-electron chi connectivity index (χ4n) is 2.55. The zero-order chi connectivity index (χ0) is 14.8. The first-order chi connectivity index (χ1) is 10.1. The molecule has 0 saturated carbocycles. The van der Waals surface area contributed by atoms with Crippen LogP contribution in [0.4, 0.5) is 0 Å². The molecule has 0 atom stereocenters. The average Bonchev–Trinajstić information content (AvgIpc) is 2.49. The standard InChI is InChI=1S/C18H14O3/c19-15-9-5-12(6-10-15)11-14-8-7-13-3-1-2-4-16(13)17(14)18(20)21/h1-10,19H,11H2,(H,20,21). The summed E-state index contributed by atoms with van der Waals surface area (Å²) in [6, 6.07) is 18.1. The second-order valence-electron chi connectivity index (χ2n) is 4.97. The van der Waals surface area contributed by atoms with Crippen LogP contribution in [0.5, 0.6) is 5.75 Å². The van der Waals surface area contributed by atoms with Crippen LogP contribution >= 0.6 is 0 Å². The molecule has 0 heterocycles. The first kappa shape index (κ1) is 13.2. The van der Waals surface area contributed by atoms with E-state index in [0.717, 1.165) is 21.9 Å². The Morgan fingerprint density at radius 3 is 2.33 bits per heavy atom. The molecule has 0 bridgehead atoms. The SMILES string of the molecule is O=C(O)c1c(Cc2ccc(O)cc2)ccc2ccccc12. The number of phenolic OH excluding ortho intramolecular Hbond substituents is 1. The summed E-state index contributed by atoms with van der Waals surface area (Å²) in [5.74, 6) is -0.712. The van der Waals surface area contributed by atoms with Crippen LogP contribution in [0.1, 0.15) is 21.5 Å². The van der Waals surface area contributed by atoms with Gasteiger partial charge in [-0.2, -0.15) is 0 Å². The summed E-state index contributed by atoms with van der Waals surface area (Å²) in [6.07, 6.45) is 0.521. The highest BCUT2D eigenvalue weighted by Gasteiger charge is 2.14. The number of hydrogen-bond donors (Lipinski definition) is 2. The van der Waals surface area contributed by atoms with Gasteiger partial charge >= 0.3 is 5.97 Å². The van der Waals surface area contributed by atoms with Crippen molar-refractivity contribution < 1.29 is 15.0 Å². The van der Waals surface area contributed by atoms with Gasteiger partial charge in [-0.1, -0.05) is 48.5 Å². The van der Waals surface area contributed by atoms with Gasteiger partial charge in [-0.05, 0) is 40.5 Å². The molecule has 3 rings (SSSR count). The van der Waals surface area contributed by atoms with E-state index in [1.54, 1.807) is 24.3 Å². The summed E-state index contributed by atoms with van der Waals surface area (Å²) in [5, 5.41) is 20.5. The van der Waals surface area contributed by atoms with Crippen molar-refractivity contribution in [1.29, 1.82) is 0 Å². The Hall–Kier alpha value is -2.81. The summed E-state index contributed by atoms with van der Waals surface area (Å²) in [4.78, 5) is 11.6. The molecule has 0 saturated heterocycles. The highest BCUT2D eigenvalue weighted by atomic mass is 16.4. The molecule has 2 N–H and O–H groups in total. The second-order valence-corrected chi connectivity index (χ2v) is 4.97. The summed E-state index contributed by atoms with van der Waals surface area (Å²) >= 11 is 0. The van der Waals surface area contributed by atoms with Crippen molar-refractivity contribution in [2.24, 2.45) is 0 Å². The number of benzene rings is 3. The van der Waals surface area contributed by atoms with Crippen molar-refractivity contribution in [2.45, 2.75) is 6.42 Å². The summed E-state index contributed by atoms with van der Waals surface area (Å²) in [7, 11) is 0. The van der Waals surface area contributed by atoms with Gasteiger partial charge in [0.2, 0.25) is 0 Å². The van der Waals surface area contributed by atoms with Gasteiger partial charge in [0.05, 0.1) is 5.56 Å². The van der Waals surface area contributed by atoms with Crippen LogP contribution in [0.25, 0.3) is 10.8 Å². The van der Waals surface area contributed by atoms with E-state index in [1.165, 1.54) is 0 Å². The molecular formula is C18H14O3. The Kier molecular flexibility index (Phi) is 3.32. The van der Waals surface area contributed by atoms with Gasteiger partial charge in [-0.3, -0.25) is 0 Å². The Bertz CT molecular complexity index is 804. The molecule has 3 heteroatoms. The van der Waals surface area contributed by atoms with E-state index < -0.39 is 5.97 Å². The fraction of sp³-hybridized carbons (Fsp3) is 0.0556. The molecule has 0 aliphatic rings. The average molecular weight is 278 g/mol. The minimum absolute atomic E-state index is 0.204. The molecule has 0 fully saturated rings. The molecule has 0 amide bonds. The predicted octanol–water partition coefficient (Wildman–Crippen LogP) is 3.83. The number of carboxylic acid groups (broad SMARTS) is 1. The van der Waals surface area contributed by atoms with Crippen molar-refractivity contribution in [1.82, 2.24) is 0 Å². The summed E-state index contributed by atoms with van der Waals surface area (Å²) in [5.41, 5.74) is 2.08. The fourth-order valence-corrected chi connectivity index (χ4v) is 2.55. The molecule has 0 radical (unpaired) electrons. The first-order valence-electron chi connectivity index (χ1n) is 6.67. The molecule has 0 aliphatic heterocycles. The van der Waals surface area contributed by atoms with Crippen LogP contribution in [0.15, 0.2) is 60.7 Å². The number of rotatable bonds is 3. The lowest BCUT2D eigenvalue weighted by Gasteiger charge is -2.10. The molecule has 3 aromatic rings. The first-order valence-corrected chi connectivity index (χ1v) is 6.67. The van der Waals surface area contributed by atoms with Gasteiger partial charge in [0.25, 0.3) is 0 Å². The minimum atomic E-state index is -0.916. The monoisotopic (exact) mass is 278 g/mol. The third kappa shape index (κ3) is 2.58. The maximum Gasteiger partial charge on any atom is 0.336 e. The van der Waals surface area contributed by atoms with Gasteiger partial charge in [0.1, 0.15) is 5.75 Å². The summed E-state index contributed by atoms with van der Waals surface area (Å²) < 4.78 is 0. The molecule has 0 spiro atoms. The van der Waals surface area contributed by atoms with Crippen LogP contribution < -0.4 is 0 Å². The number of phenols is 1. The van der Waals surface area contributed by atoms with E-state index >= 15 is 0 Å². The highest BCUT2D eigenvalue weighted by molar-refractivity contribution is 6.05. The van der Waals surface area contributed by atoms with E-state index in [1.807, 2.05) is 36.4 Å². The number of fused-ring (bicyclic) bond motifs is 1. The molecule has 21 heavy (non-hydrogen) atoms.